The number of hydrogen-bond acceptors (Lipinski definition) is 5. The number of piperidine rings is 1. The number of likely N-dealkylation sites (tertiary alicyclic amines) is 1. The van der Waals surface area contributed by atoms with E-state index in [2.05, 4.69) is 22.3 Å². The first-order valence-corrected chi connectivity index (χ1v) is 11.2. The van der Waals surface area contributed by atoms with Gasteiger partial charge in [0.15, 0.2) is 0 Å². The van der Waals surface area contributed by atoms with E-state index in [-0.39, 0.29) is 36.6 Å². The topological polar surface area (TPSA) is 79.0 Å². The molecule has 2 heterocycles. The van der Waals surface area contributed by atoms with Gasteiger partial charge in [0.2, 0.25) is 11.8 Å². The number of benzene rings is 2. The van der Waals surface area contributed by atoms with Crippen LogP contribution in [0.3, 0.4) is 0 Å². The fourth-order valence-corrected chi connectivity index (χ4v) is 4.46. The Labute approximate surface area is 188 Å². The van der Waals surface area contributed by atoms with Gasteiger partial charge in [0, 0.05) is 24.9 Å². The number of methoxy groups -OCH3 is 1. The van der Waals surface area contributed by atoms with Crippen LogP contribution >= 0.6 is 0 Å². The average Bonchev–Trinajstić information content (AvgIpc) is 3.18. The van der Waals surface area contributed by atoms with Gasteiger partial charge in [-0.1, -0.05) is 24.6 Å². The molecule has 0 saturated carbocycles. The summed E-state index contributed by atoms with van der Waals surface area (Å²) in [6.07, 6.45) is 3.98. The van der Waals surface area contributed by atoms with Crippen molar-refractivity contribution in [2.45, 2.75) is 38.1 Å². The van der Waals surface area contributed by atoms with Crippen molar-refractivity contribution in [1.82, 2.24) is 10.2 Å². The van der Waals surface area contributed by atoms with Crippen LogP contribution in [-0.4, -0.2) is 49.4 Å². The van der Waals surface area contributed by atoms with Gasteiger partial charge in [-0.15, -0.1) is 0 Å². The van der Waals surface area contributed by atoms with Crippen LogP contribution in [0.2, 0.25) is 0 Å². The van der Waals surface area contributed by atoms with E-state index in [4.69, 9.17) is 4.74 Å². The quantitative estimate of drug-likeness (QED) is 0.675. The predicted octanol–water partition coefficient (Wildman–Crippen LogP) is 3.31. The van der Waals surface area contributed by atoms with E-state index in [0.717, 1.165) is 37.2 Å². The van der Waals surface area contributed by atoms with Gasteiger partial charge in [0.25, 0.3) is 5.91 Å². The molecule has 2 aromatic rings. The van der Waals surface area contributed by atoms with Gasteiger partial charge in [-0.05, 0) is 61.8 Å². The van der Waals surface area contributed by atoms with Crippen molar-refractivity contribution in [1.29, 1.82) is 0 Å². The summed E-state index contributed by atoms with van der Waals surface area (Å²) in [7, 11) is 1.65. The first kappa shape index (κ1) is 22.0. The third-order valence-electron chi connectivity index (χ3n) is 6.21. The second kappa shape index (κ2) is 9.96. The van der Waals surface area contributed by atoms with E-state index in [1.165, 1.54) is 11.3 Å². The highest BCUT2D eigenvalue weighted by Gasteiger charge is 2.30. The van der Waals surface area contributed by atoms with E-state index in [1.807, 2.05) is 12.1 Å². The van der Waals surface area contributed by atoms with Crippen LogP contribution in [0.5, 0.6) is 5.75 Å². The molecule has 32 heavy (non-hydrogen) atoms. The number of nitrogens with one attached hydrogen (secondary N) is 1. The van der Waals surface area contributed by atoms with Crippen molar-refractivity contribution in [3.8, 4) is 5.75 Å². The molecule has 1 N–H and O–H groups in total. The number of imide groups is 1. The minimum absolute atomic E-state index is 0.0649. The normalized spacial score (nSPS) is 18.0. The molecular weight excluding hydrogens is 406 g/mol. The molecule has 0 unspecified atom stereocenters. The molecule has 7 nitrogen and oxygen atoms in total. The lowest BCUT2D eigenvalue weighted by Crippen LogP contribution is -2.40. The highest BCUT2D eigenvalue weighted by Crippen LogP contribution is 2.27. The maximum atomic E-state index is 13.0. The van der Waals surface area contributed by atoms with Crippen molar-refractivity contribution < 1.29 is 19.1 Å². The van der Waals surface area contributed by atoms with Gasteiger partial charge in [0.05, 0.1) is 18.8 Å². The molecular formula is C25H29N3O4. The minimum atomic E-state index is -0.225. The smallest absolute Gasteiger partial charge is 0.251 e. The zero-order valence-electron chi connectivity index (χ0n) is 18.4. The summed E-state index contributed by atoms with van der Waals surface area (Å²) in [4.78, 5) is 40.6. The molecule has 168 valence electrons. The summed E-state index contributed by atoms with van der Waals surface area (Å²) in [5.74, 6) is 0.133. The van der Waals surface area contributed by atoms with Crippen LogP contribution in [0, 0.1) is 0 Å². The fourth-order valence-electron chi connectivity index (χ4n) is 4.46. The standard InChI is InChI=1S/C25H29N3O4/c1-32-21-10-8-18(9-11-21)22(27-14-3-2-4-15-27)17-26-25(31)19-6-5-7-20(16-19)28-23(29)12-13-24(28)30/h5-11,16,22H,2-4,12-15,17H2,1H3,(H,26,31)/t22-/m1/s1. The summed E-state index contributed by atoms with van der Waals surface area (Å²) >= 11 is 0. The molecule has 0 radical (unpaired) electrons. The number of rotatable bonds is 7. The number of nitrogens with zero attached hydrogens (tertiary/aromatic N) is 2. The molecule has 3 amide bonds. The maximum absolute atomic E-state index is 13.0. The highest BCUT2D eigenvalue weighted by atomic mass is 16.5. The maximum Gasteiger partial charge on any atom is 0.251 e. The lowest BCUT2D eigenvalue weighted by Gasteiger charge is -2.35. The van der Waals surface area contributed by atoms with E-state index in [9.17, 15) is 14.4 Å². The van der Waals surface area contributed by atoms with E-state index in [0.29, 0.717) is 17.8 Å². The lowest BCUT2D eigenvalue weighted by atomic mass is 10.0. The average molecular weight is 436 g/mol. The Kier molecular flexibility index (Phi) is 6.85. The predicted molar refractivity (Wildman–Crippen MR) is 122 cm³/mol. The number of carbonyl (C=O) groups excluding carboxylic acids is 3. The fraction of sp³-hybridized carbons (Fsp3) is 0.400. The summed E-state index contributed by atoms with van der Waals surface area (Å²) in [5, 5.41) is 3.06. The van der Waals surface area contributed by atoms with Gasteiger partial charge in [-0.2, -0.15) is 0 Å². The van der Waals surface area contributed by atoms with Crippen LogP contribution in [0.25, 0.3) is 0 Å². The molecule has 1 atom stereocenters. The van der Waals surface area contributed by atoms with Crippen LogP contribution in [0.4, 0.5) is 5.69 Å². The number of anilines is 1. The van der Waals surface area contributed by atoms with Crippen LogP contribution in [-0.2, 0) is 9.59 Å². The second-order valence-electron chi connectivity index (χ2n) is 8.27. The molecule has 2 aromatic carbocycles. The number of ether oxygens (including phenoxy) is 1. The Morgan fingerprint density at radius 3 is 2.34 bits per heavy atom. The summed E-state index contributed by atoms with van der Waals surface area (Å²) in [6, 6.07) is 14.8. The van der Waals surface area contributed by atoms with Crippen molar-refractivity contribution in [2.24, 2.45) is 0 Å². The molecule has 2 aliphatic rings. The Bertz CT molecular complexity index is 967. The van der Waals surface area contributed by atoms with Crippen molar-refractivity contribution in [2.75, 3.05) is 31.6 Å². The Morgan fingerprint density at radius 2 is 1.69 bits per heavy atom. The van der Waals surface area contributed by atoms with E-state index < -0.39 is 0 Å². The summed E-state index contributed by atoms with van der Waals surface area (Å²) in [6.45, 7) is 2.47. The van der Waals surface area contributed by atoms with Gasteiger partial charge < -0.3 is 10.1 Å². The zero-order valence-corrected chi connectivity index (χ0v) is 18.4. The molecule has 4 rings (SSSR count). The van der Waals surface area contributed by atoms with Crippen LogP contribution < -0.4 is 15.0 Å². The number of hydrogen-bond donors (Lipinski definition) is 1. The summed E-state index contributed by atoms with van der Waals surface area (Å²) in [5.41, 5.74) is 2.02. The molecule has 2 fully saturated rings. The minimum Gasteiger partial charge on any atom is -0.497 e. The molecule has 7 heteroatoms. The highest BCUT2D eigenvalue weighted by molar-refractivity contribution is 6.20. The Balaban J connectivity index is 1.49. The van der Waals surface area contributed by atoms with E-state index >= 15 is 0 Å². The van der Waals surface area contributed by atoms with Gasteiger partial charge in [0.1, 0.15) is 5.75 Å². The molecule has 2 saturated heterocycles. The largest absolute Gasteiger partial charge is 0.497 e. The zero-order chi connectivity index (χ0) is 22.5. The molecule has 0 aliphatic carbocycles. The van der Waals surface area contributed by atoms with E-state index in [1.54, 1.807) is 31.4 Å². The van der Waals surface area contributed by atoms with Crippen LogP contribution in [0.1, 0.15) is 54.1 Å². The molecule has 0 aromatic heterocycles. The molecule has 0 spiro atoms. The lowest BCUT2D eigenvalue weighted by molar-refractivity contribution is -0.121. The van der Waals surface area contributed by atoms with Crippen molar-refractivity contribution in [3.63, 3.8) is 0 Å². The van der Waals surface area contributed by atoms with Crippen molar-refractivity contribution in [3.05, 3.63) is 59.7 Å². The first-order chi connectivity index (χ1) is 15.6. The third kappa shape index (κ3) is 4.83. The first-order valence-electron chi connectivity index (χ1n) is 11.2. The SMILES string of the molecule is COc1ccc([C@@H](CNC(=O)c2cccc(N3C(=O)CCC3=O)c2)N2CCCCC2)cc1. The van der Waals surface area contributed by atoms with Crippen LogP contribution in [0.15, 0.2) is 48.5 Å². The van der Waals surface area contributed by atoms with Gasteiger partial charge >= 0.3 is 0 Å². The number of carbonyl (C=O) groups is 3. The third-order valence-corrected chi connectivity index (χ3v) is 6.21. The second-order valence-corrected chi connectivity index (χ2v) is 8.27. The molecule has 0 bridgehead atoms. The number of amides is 3. The monoisotopic (exact) mass is 435 g/mol. The Hall–Kier alpha value is -3.19. The molecule has 2 aliphatic heterocycles. The van der Waals surface area contributed by atoms with Crippen molar-refractivity contribution >= 4 is 23.4 Å². The van der Waals surface area contributed by atoms with Gasteiger partial charge in [-0.3, -0.25) is 24.2 Å². The van der Waals surface area contributed by atoms with Gasteiger partial charge in [-0.25, -0.2) is 0 Å². The Morgan fingerprint density at radius 1 is 1.00 bits per heavy atom. The summed E-state index contributed by atoms with van der Waals surface area (Å²) < 4.78 is 5.28.